The lowest BCUT2D eigenvalue weighted by atomic mass is 10.1. The van der Waals surface area contributed by atoms with Gasteiger partial charge in [0, 0.05) is 6.04 Å². The molecule has 0 spiro atoms. The highest BCUT2D eigenvalue weighted by molar-refractivity contribution is 7.89. The Morgan fingerprint density at radius 3 is 2.53 bits per heavy atom. The molecule has 1 unspecified atom stereocenters. The quantitative estimate of drug-likeness (QED) is 0.704. The summed E-state index contributed by atoms with van der Waals surface area (Å²) in [7, 11) is -3.70. The number of nitrogens with two attached hydrogens (primary N) is 2. The van der Waals surface area contributed by atoms with Crippen molar-refractivity contribution in [1.82, 2.24) is 0 Å². The molecule has 0 amide bonds. The molecule has 1 atom stereocenters. The topological polar surface area (TPSA) is 98.2 Å². The van der Waals surface area contributed by atoms with Crippen molar-refractivity contribution >= 4 is 15.7 Å². The lowest BCUT2D eigenvalue weighted by Gasteiger charge is -2.19. The average Bonchev–Trinajstić information content (AvgIpc) is 2.27. The van der Waals surface area contributed by atoms with Crippen molar-refractivity contribution in [2.45, 2.75) is 30.7 Å². The van der Waals surface area contributed by atoms with Crippen molar-refractivity contribution in [3.63, 3.8) is 0 Å². The van der Waals surface area contributed by atoms with Gasteiger partial charge in [-0.3, -0.25) is 0 Å². The number of benzene rings is 1. The third kappa shape index (κ3) is 3.99. The van der Waals surface area contributed by atoms with Gasteiger partial charge in [0.2, 0.25) is 10.0 Å². The van der Waals surface area contributed by atoms with Crippen molar-refractivity contribution in [3.8, 4) is 0 Å². The summed E-state index contributed by atoms with van der Waals surface area (Å²) in [6.45, 7) is 2.58. The number of hydrogen-bond acceptors (Lipinski definition) is 4. The lowest BCUT2D eigenvalue weighted by Crippen LogP contribution is -2.24. The molecule has 5 nitrogen and oxygen atoms in total. The summed E-state index contributed by atoms with van der Waals surface area (Å²) in [4.78, 5) is 0.121. The van der Waals surface area contributed by atoms with Gasteiger partial charge in [0.1, 0.15) is 4.90 Å². The Hall–Kier alpha value is -1.11. The van der Waals surface area contributed by atoms with Crippen LogP contribution in [-0.2, 0) is 10.0 Å². The van der Waals surface area contributed by atoms with Crippen LogP contribution in [-0.4, -0.2) is 21.0 Å². The van der Waals surface area contributed by atoms with E-state index in [4.69, 9.17) is 10.9 Å². The number of primary sulfonamides is 1. The maximum absolute atomic E-state index is 11.4. The van der Waals surface area contributed by atoms with Crippen molar-refractivity contribution in [2.24, 2.45) is 10.9 Å². The highest BCUT2D eigenvalue weighted by Crippen LogP contribution is 2.21. The highest BCUT2D eigenvalue weighted by atomic mass is 32.2. The van der Waals surface area contributed by atoms with E-state index in [-0.39, 0.29) is 10.9 Å². The van der Waals surface area contributed by atoms with Crippen molar-refractivity contribution < 1.29 is 8.42 Å². The summed E-state index contributed by atoms with van der Waals surface area (Å²) in [6, 6.07) is 6.77. The third-order valence-electron chi connectivity index (χ3n) is 2.56. The van der Waals surface area contributed by atoms with Gasteiger partial charge in [-0.2, -0.15) is 0 Å². The second-order valence-corrected chi connectivity index (χ2v) is 5.40. The Morgan fingerprint density at radius 1 is 1.35 bits per heavy atom. The molecule has 0 bridgehead atoms. The van der Waals surface area contributed by atoms with E-state index in [1.807, 2.05) is 6.92 Å². The molecular weight excluding hydrogens is 238 g/mol. The molecule has 5 N–H and O–H groups in total. The molecule has 0 saturated carbocycles. The van der Waals surface area contributed by atoms with Crippen LogP contribution in [0.2, 0.25) is 0 Å². The van der Waals surface area contributed by atoms with Gasteiger partial charge in [0.05, 0.1) is 5.69 Å². The van der Waals surface area contributed by atoms with Crippen LogP contribution in [0.4, 0.5) is 5.69 Å². The van der Waals surface area contributed by atoms with Gasteiger partial charge in [-0.05, 0) is 31.5 Å². The minimum absolute atomic E-state index is 0.121. The zero-order chi connectivity index (χ0) is 12.9. The smallest absolute Gasteiger partial charge is 0.240 e. The minimum atomic E-state index is -3.70. The molecule has 1 aromatic rings. The van der Waals surface area contributed by atoms with Gasteiger partial charge >= 0.3 is 0 Å². The molecule has 0 aliphatic carbocycles. The Balaban J connectivity index is 2.98. The third-order valence-corrected chi connectivity index (χ3v) is 3.53. The largest absolute Gasteiger partial charge is 0.381 e. The minimum Gasteiger partial charge on any atom is -0.381 e. The first-order valence-electron chi connectivity index (χ1n) is 5.57. The molecule has 0 radical (unpaired) electrons. The van der Waals surface area contributed by atoms with Gasteiger partial charge in [-0.25, -0.2) is 13.6 Å². The summed E-state index contributed by atoms with van der Waals surface area (Å²) in [6.07, 6.45) is 1.66. The fourth-order valence-electron chi connectivity index (χ4n) is 1.63. The van der Waals surface area contributed by atoms with Crippen molar-refractivity contribution in [2.75, 3.05) is 11.9 Å². The average molecular weight is 257 g/mol. The molecule has 1 rings (SSSR count). The summed E-state index contributed by atoms with van der Waals surface area (Å²) >= 11 is 0. The van der Waals surface area contributed by atoms with Crippen LogP contribution in [0.3, 0.4) is 0 Å². The Bertz CT molecular complexity index is 460. The first kappa shape index (κ1) is 14.0. The molecule has 0 heterocycles. The molecule has 17 heavy (non-hydrogen) atoms. The summed E-state index contributed by atoms with van der Waals surface area (Å²) in [5.41, 5.74) is 6.04. The van der Waals surface area contributed by atoms with Crippen LogP contribution in [0.15, 0.2) is 29.2 Å². The maximum atomic E-state index is 11.4. The molecule has 1 aromatic carbocycles. The van der Waals surface area contributed by atoms with Gasteiger partial charge in [-0.1, -0.05) is 19.1 Å². The lowest BCUT2D eigenvalue weighted by molar-refractivity contribution is 0.597. The van der Waals surface area contributed by atoms with Crippen LogP contribution in [0.25, 0.3) is 0 Å². The van der Waals surface area contributed by atoms with E-state index < -0.39 is 10.0 Å². The second kappa shape index (κ2) is 6.00. The molecule has 6 heteroatoms. The van der Waals surface area contributed by atoms with Crippen LogP contribution in [0.1, 0.15) is 19.8 Å². The van der Waals surface area contributed by atoms with Crippen molar-refractivity contribution in [3.05, 3.63) is 24.3 Å². The van der Waals surface area contributed by atoms with Gasteiger partial charge < -0.3 is 11.1 Å². The van der Waals surface area contributed by atoms with Crippen LogP contribution in [0.5, 0.6) is 0 Å². The maximum Gasteiger partial charge on any atom is 0.240 e. The normalized spacial score (nSPS) is 13.4. The van der Waals surface area contributed by atoms with Gasteiger partial charge in [0.25, 0.3) is 0 Å². The van der Waals surface area contributed by atoms with E-state index in [0.29, 0.717) is 12.2 Å². The summed E-state index contributed by atoms with van der Waals surface area (Å²) < 4.78 is 22.8. The van der Waals surface area contributed by atoms with Crippen LogP contribution < -0.4 is 16.2 Å². The van der Waals surface area contributed by atoms with Gasteiger partial charge in [0.15, 0.2) is 0 Å². The van der Waals surface area contributed by atoms with Crippen LogP contribution in [0, 0.1) is 0 Å². The van der Waals surface area contributed by atoms with Gasteiger partial charge in [-0.15, -0.1) is 0 Å². The SMILES string of the molecule is CCC(CCN)Nc1ccccc1S(N)(=O)=O. The van der Waals surface area contributed by atoms with Crippen molar-refractivity contribution in [1.29, 1.82) is 0 Å². The Kier molecular flexibility index (Phi) is 4.92. The number of hydrogen-bond donors (Lipinski definition) is 3. The van der Waals surface area contributed by atoms with E-state index in [1.165, 1.54) is 6.07 Å². The number of anilines is 1. The molecule has 0 aromatic heterocycles. The zero-order valence-corrected chi connectivity index (χ0v) is 10.7. The first-order valence-corrected chi connectivity index (χ1v) is 7.12. The summed E-state index contributed by atoms with van der Waals surface area (Å²) in [5.74, 6) is 0. The van der Waals surface area contributed by atoms with Crippen LogP contribution >= 0.6 is 0 Å². The predicted molar refractivity (Wildman–Crippen MR) is 69.2 cm³/mol. The standard InChI is InChI=1S/C11H19N3O2S/c1-2-9(7-8-12)14-10-5-3-4-6-11(10)17(13,15)16/h3-6,9,14H,2,7-8,12H2,1H3,(H2,13,15,16). The van der Waals surface area contributed by atoms with E-state index in [1.54, 1.807) is 18.2 Å². The number of rotatable bonds is 6. The Morgan fingerprint density at radius 2 is 2.00 bits per heavy atom. The molecule has 96 valence electrons. The monoisotopic (exact) mass is 257 g/mol. The predicted octanol–water partition coefficient (Wildman–Crippen LogP) is 0.873. The zero-order valence-electron chi connectivity index (χ0n) is 9.89. The van der Waals surface area contributed by atoms with E-state index in [0.717, 1.165) is 12.8 Å². The van der Waals surface area contributed by atoms with E-state index >= 15 is 0 Å². The van der Waals surface area contributed by atoms with E-state index in [9.17, 15) is 8.42 Å². The fourth-order valence-corrected chi connectivity index (χ4v) is 2.34. The van der Waals surface area contributed by atoms with E-state index in [2.05, 4.69) is 5.32 Å². The first-order chi connectivity index (χ1) is 7.99. The second-order valence-electron chi connectivity index (χ2n) is 3.87. The number of sulfonamides is 1. The number of para-hydroxylation sites is 1. The molecular formula is C11H19N3O2S. The fraction of sp³-hybridized carbons (Fsp3) is 0.455. The number of nitrogens with one attached hydrogen (secondary N) is 1. The molecule has 0 saturated heterocycles. The molecule has 0 aliphatic rings. The molecule has 0 fully saturated rings. The Labute approximate surface area is 102 Å². The highest BCUT2D eigenvalue weighted by Gasteiger charge is 2.15. The molecule has 0 aliphatic heterocycles. The summed E-state index contributed by atoms with van der Waals surface area (Å²) in [5, 5.41) is 8.32.